The largest absolute Gasteiger partial charge is 0.493 e. The number of fused-ring (bicyclic) bond motifs is 1. The van der Waals surface area contributed by atoms with E-state index in [4.69, 9.17) is 4.74 Å². The first-order valence-corrected chi connectivity index (χ1v) is 10.6. The van der Waals surface area contributed by atoms with Gasteiger partial charge in [0.05, 0.1) is 12.2 Å². The summed E-state index contributed by atoms with van der Waals surface area (Å²) in [5, 5.41) is 2.97. The van der Waals surface area contributed by atoms with Crippen LogP contribution in [0.1, 0.15) is 45.7 Å². The molecule has 1 atom stereocenters. The zero-order valence-electron chi connectivity index (χ0n) is 17.8. The van der Waals surface area contributed by atoms with Gasteiger partial charge in [0, 0.05) is 23.8 Å². The molecule has 3 aromatic rings. The predicted molar refractivity (Wildman–Crippen MR) is 122 cm³/mol. The molecule has 0 spiro atoms. The Hall–Kier alpha value is -3.60. The van der Waals surface area contributed by atoms with Crippen LogP contribution in [0.25, 0.3) is 0 Å². The van der Waals surface area contributed by atoms with E-state index in [0.29, 0.717) is 30.0 Å². The van der Waals surface area contributed by atoms with E-state index in [-0.39, 0.29) is 17.9 Å². The lowest BCUT2D eigenvalue weighted by Gasteiger charge is -2.23. The molecule has 3 aromatic carbocycles. The van der Waals surface area contributed by atoms with Crippen molar-refractivity contribution in [3.05, 3.63) is 95.1 Å². The van der Waals surface area contributed by atoms with Gasteiger partial charge in [0.15, 0.2) is 0 Å². The third-order valence-corrected chi connectivity index (χ3v) is 5.49. The normalized spacial score (nSPS) is 14.8. The number of carbonyl (C=O) groups is 2. The summed E-state index contributed by atoms with van der Waals surface area (Å²) in [6.45, 7) is 4.82. The lowest BCUT2D eigenvalue weighted by atomic mass is 10.1. The number of benzene rings is 3. The summed E-state index contributed by atoms with van der Waals surface area (Å²) in [7, 11) is 0. The van der Waals surface area contributed by atoms with E-state index in [1.807, 2.05) is 66.4 Å². The smallest absolute Gasteiger partial charge is 0.258 e. The van der Waals surface area contributed by atoms with Crippen molar-refractivity contribution in [3.63, 3.8) is 0 Å². The second-order valence-electron chi connectivity index (χ2n) is 7.67. The molecule has 1 aliphatic heterocycles. The van der Waals surface area contributed by atoms with Gasteiger partial charge < -0.3 is 15.0 Å². The van der Waals surface area contributed by atoms with E-state index in [0.717, 1.165) is 23.2 Å². The molecule has 0 saturated heterocycles. The molecule has 1 heterocycles. The van der Waals surface area contributed by atoms with Crippen LogP contribution in [0, 0.1) is 0 Å². The summed E-state index contributed by atoms with van der Waals surface area (Å²) in [5.41, 5.74) is 4.20. The van der Waals surface area contributed by atoms with Crippen LogP contribution in [0.5, 0.6) is 5.75 Å². The molecule has 1 N–H and O–H groups in total. The molecule has 0 aliphatic carbocycles. The van der Waals surface area contributed by atoms with Gasteiger partial charge in [-0.3, -0.25) is 9.59 Å². The first-order valence-electron chi connectivity index (χ1n) is 10.6. The van der Waals surface area contributed by atoms with Gasteiger partial charge in [-0.05, 0) is 61.7 Å². The molecular formula is C26H26N2O3. The fourth-order valence-corrected chi connectivity index (χ4v) is 4.01. The van der Waals surface area contributed by atoms with Crippen LogP contribution >= 0.6 is 0 Å². The highest BCUT2D eigenvalue weighted by atomic mass is 16.5. The van der Waals surface area contributed by atoms with Crippen molar-refractivity contribution in [2.75, 3.05) is 11.5 Å². The van der Waals surface area contributed by atoms with Crippen LogP contribution in [-0.2, 0) is 13.0 Å². The molecule has 5 nitrogen and oxygen atoms in total. The number of anilines is 1. The number of nitrogens with zero attached hydrogens (tertiary/aromatic N) is 1. The zero-order valence-corrected chi connectivity index (χ0v) is 17.8. The Morgan fingerprint density at radius 2 is 1.77 bits per heavy atom. The Bertz CT molecular complexity index is 1090. The predicted octanol–water partition coefficient (Wildman–Crippen LogP) is 4.61. The third kappa shape index (κ3) is 4.31. The first kappa shape index (κ1) is 20.7. The van der Waals surface area contributed by atoms with Crippen molar-refractivity contribution in [2.45, 2.75) is 32.9 Å². The van der Waals surface area contributed by atoms with Crippen LogP contribution < -0.4 is 15.0 Å². The topological polar surface area (TPSA) is 58.6 Å². The molecule has 4 rings (SSSR count). The molecule has 0 aromatic heterocycles. The van der Waals surface area contributed by atoms with E-state index < -0.39 is 0 Å². The molecular weight excluding hydrogens is 388 g/mol. The number of hydrogen-bond donors (Lipinski definition) is 1. The second kappa shape index (κ2) is 9.04. The molecule has 5 heteroatoms. The number of hydrogen-bond acceptors (Lipinski definition) is 3. The van der Waals surface area contributed by atoms with Gasteiger partial charge in [0.1, 0.15) is 5.75 Å². The number of rotatable bonds is 6. The van der Waals surface area contributed by atoms with Crippen molar-refractivity contribution in [1.82, 2.24) is 5.32 Å². The number of carbonyl (C=O) groups excluding carboxylic acids is 2. The minimum Gasteiger partial charge on any atom is -0.493 e. The maximum Gasteiger partial charge on any atom is 0.258 e. The summed E-state index contributed by atoms with van der Waals surface area (Å²) < 4.78 is 5.56. The van der Waals surface area contributed by atoms with Crippen molar-refractivity contribution in [2.24, 2.45) is 0 Å². The Labute approximate surface area is 182 Å². The highest BCUT2D eigenvalue weighted by molar-refractivity contribution is 6.07. The van der Waals surface area contributed by atoms with Crippen LogP contribution in [0.3, 0.4) is 0 Å². The number of para-hydroxylation sites is 1. The molecule has 1 aliphatic rings. The Kier molecular flexibility index (Phi) is 6.03. The van der Waals surface area contributed by atoms with Gasteiger partial charge in [0.2, 0.25) is 0 Å². The van der Waals surface area contributed by atoms with Gasteiger partial charge in [0.25, 0.3) is 11.8 Å². The maximum absolute atomic E-state index is 13.1. The van der Waals surface area contributed by atoms with Crippen LogP contribution in [0.15, 0.2) is 72.8 Å². The minimum absolute atomic E-state index is 0.00122. The summed E-state index contributed by atoms with van der Waals surface area (Å²) in [6.07, 6.45) is 0.822. The Morgan fingerprint density at radius 1 is 1.03 bits per heavy atom. The average Bonchev–Trinajstić information content (AvgIpc) is 3.13. The lowest BCUT2D eigenvalue weighted by Crippen LogP contribution is -2.35. The van der Waals surface area contributed by atoms with Crippen molar-refractivity contribution in [1.29, 1.82) is 0 Å². The van der Waals surface area contributed by atoms with Crippen LogP contribution in [0.4, 0.5) is 5.69 Å². The van der Waals surface area contributed by atoms with E-state index in [1.54, 1.807) is 12.1 Å². The standard InChI is InChI=1S/C26H26N2O3/c1-3-31-24-12-8-7-11-22(24)25(29)27-17-19-13-14-21-15-18(2)28(23(21)16-19)26(30)20-9-5-4-6-10-20/h4-14,16,18H,3,15,17H2,1-2H3,(H,27,29). The SMILES string of the molecule is CCOc1ccccc1C(=O)NCc1ccc2c(c1)N(C(=O)c1ccccc1)C(C)C2. The monoisotopic (exact) mass is 414 g/mol. The summed E-state index contributed by atoms with van der Waals surface area (Å²) >= 11 is 0. The lowest BCUT2D eigenvalue weighted by molar-refractivity contribution is 0.0945. The van der Waals surface area contributed by atoms with Gasteiger partial charge >= 0.3 is 0 Å². The molecule has 2 amide bonds. The van der Waals surface area contributed by atoms with E-state index in [1.165, 1.54) is 0 Å². The minimum atomic E-state index is -0.185. The average molecular weight is 415 g/mol. The zero-order chi connectivity index (χ0) is 21.8. The number of nitrogens with one attached hydrogen (secondary N) is 1. The van der Waals surface area contributed by atoms with Crippen molar-refractivity contribution >= 4 is 17.5 Å². The molecule has 0 bridgehead atoms. The van der Waals surface area contributed by atoms with Gasteiger partial charge in [-0.15, -0.1) is 0 Å². The van der Waals surface area contributed by atoms with E-state index >= 15 is 0 Å². The molecule has 31 heavy (non-hydrogen) atoms. The van der Waals surface area contributed by atoms with E-state index in [9.17, 15) is 9.59 Å². The summed E-state index contributed by atoms with van der Waals surface area (Å²) in [5.74, 6) is 0.388. The number of amides is 2. The van der Waals surface area contributed by atoms with Crippen LogP contribution in [0.2, 0.25) is 0 Å². The fourth-order valence-electron chi connectivity index (χ4n) is 4.01. The fraction of sp³-hybridized carbons (Fsp3) is 0.231. The quantitative estimate of drug-likeness (QED) is 0.641. The molecule has 0 fully saturated rings. The van der Waals surface area contributed by atoms with Crippen LogP contribution in [-0.4, -0.2) is 24.5 Å². The first-order chi connectivity index (χ1) is 15.1. The van der Waals surface area contributed by atoms with Gasteiger partial charge in [-0.25, -0.2) is 0 Å². The Balaban J connectivity index is 1.52. The molecule has 0 saturated carbocycles. The summed E-state index contributed by atoms with van der Waals surface area (Å²) in [4.78, 5) is 27.7. The maximum atomic E-state index is 13.1. The Morgan fingerprint density at radius 3 is 2.55 bits per heavy atom. The summed E-state index contributed by atoms with van der Waals surface area (Å²) in [6, 6.07) is 22.7. The molecule has 0 radical (unpaired) electrons. The van der Waals surface area contributed by atoms with E-state index in [2.05, 4.69) is 18.3 Å². The highest BCUT2D eigenvalue weighted by Crippen LogP contribution is 2.34. The molecule has 158 valence electrons. The van der Waals surface area contributed by atoms with Crippen molar-refractivity contribution in [3.8, 4) is 5.75 Å². The third-order valence-electron chi connectivity index (χ3n) is 5.49. The molecule has 1 unspecified atom stereocenters. The van der Waals surface area contributed by atoms with Crippen molar-refractivity contribution < 1.29 is 14.3 Å². The number of ether oxygens (including phenoxy) is 1. The highest BCUT2D eigenvalue weighted by Gasteiger charge is 2.31. The second-order valence-corrected chi connectivity index (χ2v) is 7.67. The van der Waals surface area contributed by atoms with Gasteiger partial charge in [-0.2, -0.15) is 0 Å². The van der Waals surface area contributed by atoms with Gasteiger partial charge in [-0.1, -0.05) is 42.5 Å².